The summed E-state index contributed by atoms with van der Waals surface area (Å²) in [5.74, 6) is 0.642. The van der Waals surface area contributed by atoms with E-state index in [2.05, 4.69) is 27.1 Å². The fraction of sp³-hybridized carbons (Fsp3) is 0.250. The molecule has 3 nitrogen and oxygen atoms in total. The van der Waals surface area contributed by atoms with E-state index in [1.807, 2.05) is 12.1 Å². The van der Waals surface area contributed by atoms with Crippen LogP contribution in [-0.4, -0.2) is 18.6 Å². The van der Waals surface area contributed by atoms with Gasteiger partial charge >= 0.3 is 0 Å². The van der Waals surface area contributed by atoms with Gasteiger partial charge in [-0.1, -0.05) is 0 Å². The molecule has 0 aromatic carbocycles. The predicted octanol–water partition coefficient (Wildman–Crippen LogP) is 2.81. The number of pyridine rings is 1. The van der Waals surface area contributed by atoms with E-state index < -0.39 is 0 Å². The number of nitrogens with zero attached hydrogens (tertiary/aromatic N) is 1. The number of thiophene rings is 1. The molecule has 0 aliphatic carbocycles. The minimum Gasteiger partial charge on any atom is -0.481 e. The lowest BCUT2D eigenvalue weighted by Gasteiger charge is -2.05. The molecule has 0 radical (unpaired) electrons. The Morgan fingerprint density at radius 2 is 2.31 bits per heavy atom. The molecule has 84 valence electrons. The quantitative estimate of drug-likeness (QED) is 0.863. The van der Waals surface area contributed by atoms with Gasteiger partial charge in [0, 0.05) is 12.6 Å². The summed E-state index contributed by atoms with van der Waals surface area (Å²) in [4.78, 5) is 4.13. The number of rotatable bonds is 5. The molecule has 0 saturated heterocycles. The molecule has 0 amide bonds. The van der Waals surface area contributed by atoms with Crippen LogP contribution in [-0.2, 0) is 6.42 Å². The summed E-state index contributed by atoms with van der Waals surface area (Å²) in [6.45, 7) is 0.921. The van der Waals surface area contributed by atoms with Crippen LogP contribution in [0.1, 0.15) is 5.56 Å². The average Bonchev–Trinajstić information content (AvgIpc) is 2.83. The number of methoxy groups -OCH3 is 1. The lowest BCUT2D eigenvalue weighted by atomic mass is 10.2. The van der Waals surface area contributed by atoms with Crippen molar-refractivity contribution >= 4 is 17.0 Å². The van der Waals surface area contributed by atoms with E-state index in [1.165, 1.54) is 5.56 Å². The molecule has 16 heavy (non-hydrogen) atoms. The van der Waals surface area contributed by atoms with Crippen molar-refractivity contribution in [2.75, 3.05) is 19.0 Å². The summed E-state index contributed by atoms with van der Waals surface area (Å²) in [7, 11) is 1.62. The molecule has 2 rings (SSSR count). The predicted molar refractivity (Wildman–Crippen MR) is 67.3 cm³/mol. The third kappa shape index (κ3) is 2.97. The van der Waals surface area contributed by atoms with Crippen LogP contribution in [0.3, 0.4) is 0 Å². The number of anilines is 1. The first-order valence-electron chi connectivity index (χ1n) is 5.13. The second-order valence-corrected chi connectivity index (χ2v) is 4.18. The molecule has 0 aliphatic heterocycles. The Kier molecular flexibility index (Phi) is 3.77. The first-order valence-corrected chi connectivity index (χ1v) is 6.08. The second-order valence-electron chi connectivity index (χ2n) is 3.40. The van der Waals surface area contributed by atoms with E-state index in [-0.39, 0.29) is 0 Å². The van der Waals surface area contributed by atoms with Gasteiger partial charge in [-0.3, -0.25) is 0 Å². The van der Waals surface area contributed by atoms with E-state index in [0.29, 0.717) is 5.88 Å². The van der Waals surface area contributed by atoms with E-state index in [4.69, 9.17) is 4.74 Å². The van der Waals surface area contributed by atoms with Crippen LogP contribution in [0.15, 0.2) is 35.2 Å². The smallest absolute Gasteiger partial charge is 0.213 e. The maximum atomic E-state index is 5.00. The minimum atomic E-state index is 0.642. The van der Waals surface area contributed by atoms with E-state index in [0.717, 1.165) is 18.7 Å². The highest BCUT2D eigenvalue weighted by atomic mass is 32.1. The molecule has 0 bridgehead atoms. The average molecular weight is 234 g/mol. The van der Waals surface area contributed by atoms with E-state index >= 15 is 0 Å². The van der Waals surface area contributed by atoms with Crippen LogP contribution in [0.4, 0.5) is 5.69 Å². The maximum Gasteiger partial charge on any atom is 0.213 e. The fourth-order valence-corrected chi connectivity index (χ4v) is 2.09. The fourth-order valence-electron chi connectivity index (χ4n) is 1.39. The van der Waals surface area contributed by atoms with Crippen LogP contribution in [0.5, 0.6) is 5.88 Å². The molecule has 0 atom stereocenters. The van der Waals surface area contributed by atoms with Crippen molar-refractivity contribution in [3.05, 3.63) is 40.7 Å². The Bertz CT molecular complexity index is 411. The Hall–Kier alpha value is -1.55. The number of aromatic nitrogens is 1. The maximum absolute atomic E-state index is 5.00. The lowest BCUT2D eigenvalue weighted by molar-refractivity contribution is 0.398. The van der Waals surface area contributed by atoms with Crippen molar-refractivity contribution < 1.29 is 4.74 Å². The van der Waals surface area contributed by atoms with Crippen molar-refractivity contribution in [2.24, 2.45) is 0 Å². The molecule has 0 fully saturated rings. The highest BCUT2D eigenvalue weighted by Gasteiger charge is 1.96. The molecular formula is C12H14N2OS. The second kappa shape index (κ2) is 5.51. The molecule has 1 N–H and O–H groups in total. The molecule has 4 heteroatoms. The molecular weight excluding hydrogens is 220 g/mol. The van der Waals surface area contributed by atoms with Crippen LogP contribution < -0.4 is 10.1 Å². The molecule has 2 aromatic rings. The van der Waals surface area contributed by atoms with Gasteiger partial charge in [-0.15, -0.1) is 0 Å². The largest absolute Gasteiger partial charge is 0.481 e. The van der Waals surface area contributed by atoms with Crippen LogP contribution in [0.25, 0.3) is 0 Å². The van der Waals surface area contributed by atoms with Crippen molar-refractivity contribution in [3.8, 4) is 5.88 Å². The number of nitrogens with one attached hydrogen (secondary N) is 1. The van der Waals surface area contributed by atoms with Crippen LogP contribution in [0.2, 0.25) is 0 Å². The van der Waals surface area contributed by atoms with Gasteiger partial charge in [0.15, 0.2) is 0 Å². The molecule has 0 saturated carbocycles. The van der Waals surface area contributed by atoms with Crippen LogP contribution in [0, 0.1) is 0 Å². The van der Waals surface area contributed by atoms with E-state index in [9.17, 15) is 0 Å². The zero-order chi connectivity index (χ0) is 11.2. The Morgan fingerprint density at radius 3 is 2.94 bits per heavy atom. The third-order valence-electron chi connectivity index (χ3n) is 2.27. The summed E-state index contributed by atoms with van der Waals surface area (Å²) in [6, 6.07) is 5.98. The van der Waals surface area contributed by atoms with Gasteiger partial charge in [0.25, 0.3) is 0 Å². The zero-order valence-corrected chi connectivity index (χ0v) is 9.96. The Labute approximate surface area is 99.1 Å². The summed E-state index contributed by atoms with van der Waals surface area (Å²) in [5.41, 5.74) is 2.40. The number of hydrogen-bond donors (Lipinski definition) is 1. The van der Waals surface area contributed by atoms with Crippen molar-refractivity contribution in [2.45, 2.75) is 6.42 Å². The molecule has 2 heterocycles. The van der Waals surface area contributed by atoms with Gasteiger partial charge in [-0.05, 0) is 34.9 Å². The lowest BCUT2D eigenvalue weighted by Crippen LogP contribution is -2.04. The molecule has 0 spiro atoms. The summed E-state index contributed by atoms with van der Waals surface area (Å²) in [5, 5.41) is 7.60. The van der Waals surface area contributed by atoms with Gasteiger partial charge in [-0.2, -0.15) is 11.3 Å². The molecule has 0 unspecified atom stereocenters. The molecule has 0 aliphatic rings. The molecule has 2 aromatic heterocycles. The topological polar surface area (TPSA) is 34.1 Å². The number of hydrogen-bond acceptors (Lipinski definition) is 4. The summed E-state index contributed by atoms with van der Waals surface area (Å²) < 4.78 is 5.00. The third-order valence-corrected chi connectivity index (χ3v) is 3.00. The summed E-state index contributed by atoms with van der Waals surface area (Å²) in [6.07, 6.45) is 2.82. The highest BCUT2D eigenvalue weighted by molar-refractivity contribution is 7.07. The summed E-state index contributed by atoms with van der Waals surface area (Å²) >= 11 is 1.73. The van der Waals surface area contributed by atoms with Crippen molar-refractivity contribution in [1.82, 2.24) is 4.98 Å². The standard InChI is InChI=1S/C12H14N2OS/c1-15-12-3-2-11(8-14-12)13-6-4-10-5-7-16-9-10/h2-3,5,7-9,13H,4,6H2,1H3. The normalized spacial score (nSPS) is 10.1. The van der Waals surface area contributed by atoms with Gasteiger partial charge in [0.1, 0.15) is 0 Å². The highest BCUT2D eigenvalue weighted by Crippen LogP contribution is 2.11. The first kappa shape index (κ1) is 11.0. The zero-order valence-electron chi connectivity index (χ0n) is 9.14. The SMILES string of the molecule is COc1ccc(NCCc2ccsc2)cn1. The van der Waals surface area contributed by atoms with Gasteiger partial charge in [0.2, 0.25) is 5.88 Å². The monoisotopic (exact) mass is 234 g/mol. The van der Waals surface area contributed by atoms with Crippen molar-refractivity contribution in [3.63, 3.8) is 0 Å². The van der Waals surface area contributed by atoms with Gasteiger partial charge in [0.05, 0.1) is 19.0 Å². The van der Waals surface area contributed by atoms with Gasteiger partial charge < -0.3 is 10.1 Å². The van der Waals surface area contributed by atoms with Gasteiger partial charge in [-0.25, -0.2) is 4.98 Å². The first-order chi connectivity index (χ1) is 7.88. The Balaban J connectivity index is 1.81. The number of ether oxygens (including phenoxy) is 1. The minimum absolute atomic E-state index is 0.642. The van der Waals surface area contributed by atoms with E-state index in [1.54, 1.807) is 24.6 Å². The van der Waals surface area contributed by atoms with Crippen molar-refractivity contribution in [1.29, 1.82) is 0 Å². The van der Waals surface area contributed by atoms with Crippen LogP contribution >= 0.6 is 11.3 Å². The Morgan fingerprint density at radius 1 is 1.38 bits per heavy atom.